The van der Waals surface area contributed by atoms with Gasteiger partial charge in [0.15, 0.2) is 0 Å². The van der Waals surface area contributed by atoms with Crippen LogP contribution in [-0.2, 0) is 0 Å². The second kappa shape index (κ2) is 6.19. The van der Waals surface area contributed by atoms with Gasteiger partial charge in [-0.2, -0.15) is 0 Å². The van der Waals surface area contributed by atoms with Crippen molar-refractivity contribution in [3.05, 3.63) is 48.0 Å². The van der Waals surface area contributed by atoms with E-state index in [1.807, 2.05) is 30.3 Å². The van der Waals surface area contributed by atoms with Crippen LogP contribution in [0.5, 0.6) is 0 Å². The molecule has 0 atom stereocenters. The number of benzene rings is 1. The minimum Gasteiger partial charge on any atom is -0.276 e. The van der Waals surface area contributed by atoms with Crippen LogP contribution in [0.25, 0.3) is 0 Å². The van der Waals surface area contributed by atoms with Crippen molar-refractivity contribution >= 4 is 16.8 Å². The fraction of sp³-hybridized carbons (Fsp3) is 0.438. The Labute approximate surface area is 114 Å². The van der Waals surface area contributed by atoms with E-state index in [0.29, 0.717) is 11.5 Å². The highest BCUT2D eigenvalue weighted by molar-refractivity contribution is 6.67. The van der Waals surface area contributed by atoms with Crippen LogP contribution in [0, 0.1) is 5.92 Å². The lowest BCUT2D eigenvalue weighted by atomic mass is 9.77. The SMILES string of the molecule is C=CC[C@H]1CC[C@H](c2ccc(C(=O)Cl)cc2)CC1. The van der Waals surface area contributed by atoms with Gasteiger partial charge in [-0.3, -0.25) is 4.79 Å². The molecule has 96 valence electrons. The highest BCUT2D eigenvalue weighted by Crippen LogP contribution is 2.37. The molecule has 1 nitrogen and oxygen atoms in total. The maximum Gasteiger partial charge on any atom is 0.252 e. The number of hydrogen-bond acceptors (Lipinski definition) is 1. The number of hydrogen-bond donors (Lipinski definition) is 0. The van der Waals surface area contributed by atoms with Gasteiger partial charge in [-0.15, -0.1) is 6.58 Å². The zero-order chi connectivity index (χ0) is 13.0. The quantitative estimate of drug-likeness (QED) is 0.556. The van der Waals surface area contributed by atoms with Crippen LogP contribution in [0.2, 0.25) is 0 Å². The molecule has 1 fully saturated rings. The van der Waals surface area contributed by atoms with Crippen molar-refractivity contribution in [2.45, 2.75) is 38.0 Å². The van der Waals surface area contributed by atoms with Gasteiger partial charge in [-0.1, -0.05) is 18.2 Å². The molecule has 0 aliphatic heterocycles. The van der Waals surface area contributed by atoms with E-state index in [2.05, 4.69) is 6.58 Å². The molecular formula is C16H19ClO. The average Bonchev–Trinajstić information content (AvgIpc) is 2.40. The van der Waals surface area contributed by atoms with Crippen LogP contribution >= 0.6 is 11.6 Å². The molecule has 0 bridgehead atoms. The first kappa shape index (κ1) is 13.4. The summed E-state index contributed by atoms with van der Waals surface area (Å²) in [5.41, 5.74) is 1.93. The Bertz CT molecular complexity index is 413. The van der Waals surface area contributed by atoms with E-state index in [9.17, 15) is 4.79 Å². The lowest BCUT2D eigenvalue weighted by Crippen LogP contribution is -2.12. The monoisotopic (exact) mass is 262 g/mol. The van der Waals surface area contributed by atoms with E-state index in [1.165, 1.54) is 31.2 Å². The van der Waals surface area contributed by atoms with Crippen molar-refractivity contribution in [1.29, 1.82) is 0 Å². The summed E-state index contributed by atoms with van der Waals surface area (Å²) in [7, 11) is 0. The molecule has 1 aromatic carbocycles. The van der Waals surface area contributed by atoms with Crippen molar-refractivity contribution in [1.82, 2.24) is 0 Å². The van der Waals surface area contributed by atoms with Gasteiger partial charge in [-0.05, 0) is 73.2 Å². The van der Waals surface area contributed by atoms with Gasteiger partial charge in [0, 0.05) is 5.56 Å². The fourth-order valence-corrected chi connectivity index (χ4v) is 2.98. The number of halogens is 1. The summed E-state index contributed by atoms with van der Waals surface area (Å²) in [6.45, 7) is 3.81. The summed E-state index contributed by atoms with van der Waals surface area (Å²) in [6, 6.07) is 7.77. The predicted molar refractivity (Wildman–Crippen MR) is 76.1 cm³/mol. The summed E-state index contributed by atoms with van der Waals surface area (Å²) in [5.74, 6) is 1.47. The summed E-state index contributed by atoms with van der Waals surface area (Å²) in [5, 5.41) is -0.378. The summed E-state index contributed by atoms with van der Waals surface area (Å²) < 4.78 is 0. The first-order valence-electron chi connectivity index (χ1n) is 6.61. The Hall–Kier alpha value is -1.08. The Morgan fingerprint density at radius 2 is 1.83 bits per heavy atom. The van der Waals surface area contributed by atoms with Crippen molar-refractivity contribution in [2.75, 3.05) is 0 Å². The van der Waals surface area contributed by atoms with Crippen LogP contribution < -0.4 is 0 Å². The molecule has 0 N–H and O–H groups in total. The zero-order valence-corrected chi connectivity index (χ0v) is 11.3. The van der Waals surface area contributed by atoms with Gasteiger partial charge in [-0.25, -0.2) is 0 Å². The van der Waals surface area contributed by atoms with E-state index < -0.39 is 0 Å². The first-order chi connectivity index (χ1) is 8.70. The minimum atomic E-state index is -0.378. The van der Waals surface area contributed by atoms with Crippen LogP contribution in [-0.4, -0.2) is 5.24 Å². The Balaban J connectivity index is 1.97. The molecule has 18 heavy (non-hydrogen) atoms. The summed E-state index contributed by atoms with van der Waals surface area (Å²) >= 11 is 5.45. The number of carbonyl (C=O) groups is 1. The van der Waals surface area contributed by atoms with Gasteiger partial charge in [0.1, 0.15) is 0 Å². The lowest BCUT2D eigenvalue weighted by Gasteiger charge is -2.28. The van der Waals surface area contributed by atoms with Gasteiger partial charge < -0.3 is 0 Å². The van der Waals surface area contributed by atoms with Crippen molar-refractivity contribution in [3.63, 3.8) is 0 Å². The smallest absolute Gasteiger partial charge is 0.252 e. The van der Waals surface area contributed by atoms with Crippen LogP contribution in [0.15, 0.2) is 36.9 Å². The molecule has 1 aromatic rings. The Morgan fingerprint density at radius 3 is 2.33 bits per heavy atom. The molecule has 0 radical (unpaired) electrons. The molecule has 0 spiro atoms. The molecular weight excluding hydrogens is 244 g/mol. The third-order valence-corrected chi connectivity index (χ3v) is 4.17. The summed E-state index contributed by atoms with van der Waals surface area (Å²) in [4.78, 5) is 11.0. The molecule has 0 amide bonds. The Kier molecular flexibility index (Phi) is 4.60. The fourth-order valence-electron chi connectivity index (χ4n) is 2.85. The van der Waals surface area contributed by atoms with E-state index in [1.54, 1.807) is 0 Å². The first-order valence-corrected chi connectivity index (χ1v) is 6.99. The van der Waals surface area contributed by atoms with Gasteiger partial charge in [0.05, 0.1) is 0 Å². The molecule has 0 saturated heterocycles. The molecule has 0 heterocycles. The average molecular weight is 263 g/mol. The van der Waals surface area contributed by atoms with E-state index in [0.717, 1.165) is 12.3 Å². The van der Waals surface area contributed by atoms with E-state index >= 15 is 0 Å². The van der Waals surface area contributed by atoms with Crippen molar-refractivity contribution < 1.29 is 4.79 Å². The highest BCUT2D eigenvalue weighted by Gasteiger charge is 2.21. The van der Waals surface area contributed by atoms with E-state index in [4.69, 9.17) is 11.6 Å². The highest BCUT2D eigenvalue weighted by atomic mass is 35.5. The molecule has 1 aliphatic carbocycles. The normalized spacial score (nSPS) is 23.6. The van der Waals surface area contributed by atoms with Crippen molar-refractivity contribution in [3.8, 4) is 0 Å². The Morgan fingerprint density at radius 1 is 1.22 bits per heavy atom. The molecule has 0 unspecified atom stereocenters. The van der Waals surface area contributed by atoms with Gasteiger partial charge >= 0.3 is 0 Å². The third-order valence-electron chi connectivity index (χ3n) is 3.96. The predicted octanol–water partition coefficient (Wildman–Crippen LogP) is 4.92. The summed E-state index contributed by atoms with van der Waals surface area (Å²) in [6.07, 6.45) is 8.23. The van der Waals surface area contributed by atoms with Gasteiger partial charge in [0.2, 0.25) is 0 Å². The lowest BCUT2D eigenvalue weighted by molar-refractivity contribution is 0.108. The molecule has 0 aromatic heterocycles. The van der Waals surface area contributed by atoms with Crippen molar-refractivity contribution in [2.24, 2.45) is 5.92 Å². The number of carbonyl (C=O) groups excluding carboxylic acids is 1. The van der Waals surface area contributed by atoms with E-state index in [-0.39, 0.29) is 5.24 Å². The maximum absolute atomic E-state index is 11.0. The maximum atomic E-state index is 11.0. The van der Waals surface area contributed by atoms with Crippen LogP contribution in [0.4, 0.5) is 0 Å². The molecule has 1 aliphatic rings. The topological polar surface area (TPSA) is 17.1 Å². The molecule has 2 rings (SSSR count). The molecule has 1 saturated carbocycles. The largest absolute Gasteiger partial charge is 0.276 e. The second-order valence-corrected chi connectivity index (χ2v) is 5.48. The van der Waals surface area contributed by atoms with Crippen LogP contribution in [0.1, 0.15) is 53.9 Å². The van der Waals surface area contributed by atoms with Gasteiger partial charge in [0.25, 0.3) is 5.24 Å². The third kappa shape index (κ3) is 3.23. The number of rotatable bonds is 4. The number of allylic oxidation sites excluding steroid dienone is 1. The second-order valence-electron chi connectivity index (χ2n) is 5.14. The minimum absolute atomic E-state index is 0.378. The zero-order valence-electron chi connectivity index (χ0n) is 10.6. The molecule has 2 heteroatoms. The van der Waals surface area contributed by atoms with Crippen LogP contribution in [0.3, 0.4) is 0 Å². The standard InChI is InChI=1S/C16H19ClO/c1-2-3-12-4-6-13(7-5-12)14-8-10-15(11-9-14)16(17)18/h2,8-13H,1,3-7H2/t12-,13-.